The molecule has 0 N–H and O–H groups in total. The second-order valence-corrected chi connectivity index (χ2v) is 6.18. The normalized spacial score (nSPS) is 11.1. The molecule has 0 saturated heterocycles. The van der Waals surface area contributed by atoms with Gasteiger partial charge in [-0.1, -0.05) is 32.0 Å². The van der Waals surface area contributed by atoms with Crippen LogP contribution in [0.1, 0.15) is 41.4 Å². The highest BCUT2D eigenvalue weighted by molar-refractivity contribution is 6.28. The largest absolute Gasteiger partial charge is 0.400 e. The van der Waals surface area contributed by atoms with Crippen LogP contribution in [0, 0.1) is 12.7 Å². The van der Waals surface area contributed by atoms with E-state index in [0.717, 1.165) is 22.7 Å². The molecule has 2 aromatic heterocycles. The Labute approximate surface area is 148 Å². The predicted octanol–water partition coefficient (Wildman–Crippen LogP) is 4.47. The van der Waals surface area contributed by atoms with Crippen LogP contribution in [0.15, 0.2) is 30.5 Å². The molecule has 0 radical (unpaired) electrons. The van der Waals surface area contributed by atoms with Crippen LogP contribution in [-0.2, 0) is 0 Å². The number of carbonyl (C=O) groups excluding carboxylic acids is 1. The number of halogens is 2. The van der Waals surface area contributed by atoms with Crippen molar-refractivity contribution in [2.45, 2.75) is 26.7 Å². The number of hydrogen-bond donors (Lipinski definition) is 0. The summed E-state index contributed by atoms with van der Waals surface area (Å²) in [6.07, 6.45) is 0.854. The number of carbonyl (C=O) groups is 1. The van der Waals surface area contributed by atoms with Crippen LogP contribution in [0.4, 0.5) is 4.39 Å². The standard InChI is InChI=1S/C18H15ClFN3O2/c1-9(2)14-11-6-4-5-7-13(11)22-10(3)15(14)17(24)25-16-12(20)8-21-18(19)23-16/h4-9H,1-3H3. The van der Waals surface area contributed by atoms with Crippen LogP contribution in [0.3, 0.4) is 0 Å². The summed E-state index contributed by atoms with van der Waals surface area (Å²) in [7, 11) is 0. The molecule has 0 aliphatic rings. The fraction of sp³-hybridized carbons (Fsp3) is 0.222. The van der Waals surface area contributed by atoms with E-state index in [0.29, 0.717) is 11.3 Å². The van der Waals surface area contributed by atoms with Crippen molar-refractivity contribution in [2.75, 3.05) is 0 Å². The fourth-order valence-electron chi connectivity index (χ4n) is 2.76. The van der Waals surface area contributed by atoms with Gasteiger partial charge in [0.1, 0.15) is 0 Å². The van der Waals surface area contributed by atoms with Gasteiger partial charge in [-0.2, -0.15) is 9.37 Å². The number of para-hydroxylation sites is 1. The molecule has 3 rings (SSSR count). The second kappa shape index (κ2) is 6.72. The van der Waals surface area contributed by atoms with Gasteiger partial charge in [0.2, 0.25) is 11.1 Å². The fourth-order valence-corrected chi connectivity index (χ4v) is 2.89. The molecular weight excluding hydrogens is 345 g/mol. The van der Waals surface area contributed by atoms with E-state index in [1.807, 2.05) is 38.1 Å². The van der Waals surface area contributed by atoms with Gasteiger partial charge in [-0.3, -0.25) is 4.98 Å². The summed E-state index contributed by atoms with van der Waals surface area (Å²) in [5, 5.41) is 0.651. The average Bonchev–Trinajstić information content (AvgIpc) is 2.56. The number of ether oxygens (including phenoxy) is 1. The molecule has 25 heavy (non-hydrogen) atoms. The SMILES string of the molecule is Cc1nc2ccccc2c(C(C)C)c1C(=O)Oc1nc(Cl)ncc1F. The maximum Gasteiger partial charge on any atom is 0.347 e. The Morgan fingerprint density at radius 1 is 1.24 bits per heavy atom. The van der Waals surface area contributed by atoms with E-state index in [9.17, 15) is 9.18 Å². The van der Waals surface area contributed by atoms with Crippen LogP contribution in [0.2, 0.25) is 5.28 Å². The van der Waals surface area contributed by atoms with Gasteiger partial charge in [-0.15, -0.1) is 0 Å². The Hall–Kier alpha value is -2.60. The quantitative estimate of drug-likeness (QED) is 0.510. The van der Waals surface area contributed by atoms with E-state index >= 15 is 0 Å². The number of benzene rings is 1. The van der Waals surface area contributed by atoms with Crippen LogP contribution in [0.5, 0.6) is 5.88 Å². The van der Waals surface area contributed by atoms with Gasteiger partial charge in [-0.05, 0) is 36.1 Å². The highest BCUT2D eigenvalue weighted by Crippen LogP contribution is 2.30. The predicted molar refractivity (Wildman–Crippen MR) is 92.5 cm³/mol. The maximum atomic E-state index is 13.8. The number of fused-ring (bicyclic) bond motifs is 1. The summed E-state index contributed by atoms with van der Waals surface area (Å²) < 4.78 is 18.9. The molecule has 0 fully saturated rings. The van der Waals surface area contributed by atoms with Crippen molar-refractivity contribution in [1.29, 1.82) is 0 Å². The van der Waals surface area contributed by atoms with Crippen molar-refractivity contribution < 1.29 is 13.9 Å². The van der Waals surface area contributed by atoms with Crippen LogP contribution >= 0.6 is 11.6 Å². The van der Waals surface area contributed by atoms with E-state index in [1.54, 1.807) is 6.92 Å². The average molecular weight is 360 g/mol. The number of pyridine rings is 1. The molecule has 5 nitrogen and oxygen atoms in total. The molecule has 0 amide bonds. The molecule has 0 bridgehead atoms. The monoisotopic (exact) mass is 359 g/mol. The Balaban J connectivity index is 2.14. The van der Waals surface area contributed by atoms with E-state index < -0.39 is 17.7 Å². The molecule has 2 heterocycles. The lowest BCUT2D eigenvalue weighted by molar-refractivity contribution is 0.0717. The molecule has 128 valence electrons. The molecule has 0 atom stereocenters. The third kappa shape index (κ3) is 3.30. The van der Waals surface area contributed by atoms with Crippen molar-refractivity contribution in [2.24, 2.45) is 0 Å². The number of hydrogen-bond acceptors (Lipinski definition) is 5. The first-order valence-corrected chi connectivity index (χ1v) is 8.05. The summed E-state index contributed by atoms with van der Waals surface area (Å²) in [6.45, 7) is 5.67. The van der Waals surface area contributed by atoms with Gasteiger partial charge in [0.15, 0.2) is 0 Å². The summed E-state index contributed by atoms with van der Waals surface area (Å²) in [6, 6.07) is 7.54. The minimum absolute atomic E-state index is 0.0352. The smallest absolute Gasteiger partial charge is 0.347 e. The summed E-state index contributed by atoms with van der Waals surface area (Å²) in [5.41, 5.74) is 2.40. The molecule has 0 aliphatic carbocycles. The first-order chi connectivity index (χ1) is 11.9. The van der Waals surface area contributed by atoms with Gasteiger partial charge >= 0.3 is 5.97 Å². The maximum absolute atomic E-state index is 13.8. The molecule has 0 unspecified atom stereocenters. The Bertz CT molecular complexity index is 976. The van der Waals surface area contributed by atoms with Gasteiger partial charge < -0.3 is 4.74 Å². The van der Waals surface area contributed by atoms with E-state index in [1.165, 1.54) is 0 Å². The first-order valence-electron chi connectivity index (χ1n) is 7.68. The number of aryl methyl sites for hydroxylation is 1. The van der Waals surface area contributed by atoms with E-state index in [2.05, 4.69) is 15.0 Å². The van der Waals surface area contributed by atoms with Crippen molar-refractivity contribution in [3.05, 3.63) is 58.4 Å². The lowest BCUT2D eigenvalue weighted by Crippen LogP contribution is -2.17. The molecule has 0 saturated carbocycles. The summed E-state index contributed by atoms with van der Waals surface area (Å²) >= 11 is 5.64. The molecule has 1 aromatic carbocycles. The van der Waals surface area contributed by atoms with Gasteiger partial charge in [0, 0.05) is 5.39 Å². The Morgan fingerprint density at radius 3 is 2.68 bits per heavy atom. The Kier molecular flexibility index (Phi) is 4.63. The first kappa shape index (κ1) is 17.2. The number of nitrogens with zero attached hydrogens (tertiary/aromatic N) is 3. The lowest BCUT2D eigenvalue weighted by atomic mass is 9.92. The third-order valence-corrected chi connectivity index (χ3v) is 3.95. The van der Waals surface area contributed by atoms with Crippen molar-refractivity contribution in [3.8, 4) is 5.88 Å². The zero-order chi connectivity index (χ0) is 18.1. The molecule has 7 heteroatoms. The van der Waals surface area contributed by atoms with Gasteiger partial charge in [0.05, 0.1) is 23.0 Å². The van der Waals surface area contributed by atoms with Gasteiger partial charge in [0.25, 0.3) is 5.88 Å². The number of rotatable bonds is 3. The minimum atomic E-state index is -0.866. The third-order valence-electron chi connectivity index (χ3n) is 3.77. The van der Waals surface area contributed by atoms with Crippen LogP contribution < -0.4 is 4.74 Å². The zero-order valence-electron chi connectivity index (χ0n) is 13.9. The summed E-state index contributed by atoms with van der Waals surface area (Å²) in [5.74, 6) is -2.07. The summed E-state index contributed by atoms with van der Waals surface area (Å²) in [4.78, 5) is 24.3. The van der Waals surface area contributed by atoms with Crippen molar-refractivity contribution in [1.82, 2.24) is 15.0 Å². The molecular formula is C18H15ClFN3O2. The van der Waals surface area contributed by atoms with Crippen molar-refractivity contribution in [3.63, 3.8) is 0 Å². The Morgan fingerprint density at radius 2 is 1.96 bits per heavy atom. The highest BCUT2D eigenvalue weighted by Gasteiger charge is 2.24. The van der Waals surface area contributed by atoms with Crippen molar-refractivity contribution >= 4 is 28.5 Å². The number of aromatic nitrogens is 3. The second-order valence-electron chi connectivity index (χ2n) is 5.84. The van der Waals surface area contributed by atoms with Gasteiger partial charge in [-0.25, -0.2) is 9.78 Å². The van der Waals surface area contributed by atoms with E-state index in [-0.39, 0.29) is 11.2 Å². The number of esters is 1. The topological polar surface area (TPSA) is 65.0 Å². The van der Waals surface area contributed by atoms with E-state index in [4.69, 9.17) is 16.3 Å². The lowest BCUT2D eigenvalue weighted by Gasteiger charge is -2.17. The molecule has 0 spiro atoms. The molecule has 3 aromatic rings. The molecule has 0 aliphatic heterocycles. The minimum Gasteiger partial charge on any atom is -0.400 e. The van der Waals surface area contributed by atoms with Crippen LogP contribution in [-0.4, -0.2) is 20.9 Å². The van der Waals surface area contributed by atoms with Crippen LogP contribution in [0.25, 0.3) is 10.9 Å². The highest BCUT2D eigenvalue weighted by atomic mass is 35.5. The zero-order valence-corrected chi connectivity index (χ0v) is 14.6.